The number of nitrogens with zero attached hydrogens (tertiary/aromatic N) is 2. The van der Waals surface area contributed by atoms with E-state index >= 15 is 0 Å². The number of hydrogen-bond acceptors (Lipinski definition) is 4. The van der Waals surface area contributed by atoms with Crippen LogP contribution in [0.2, 0.25) is 0 Å². The number of amides is 1. The van der Waals surface area contributed by atoms with Crippen molar-refractivity contribution in [2.24, 2.45) is 4.99 Å². The number of carbonyl (C=O) groups is 1. The molecule has 7 nitrogen and oxygen atoms in total. The average Bonchev–Trinajstić information content (AvgIpc) is 2.62. The zero-order chi connectivity index (χ0) is 18.5. The summed E-state index contributed by atoms with van der Waals surface area (Å²) in [6, 6.07) is 7.75. The lowest BCUT2D eigenvalue weighted by Crippen LogP contribution is -2.43. The number of halogens is 1. The van der Waals surface area contributed by atoms with Crippen molar-refractivity contribution in [3.63, 3.8) is 0 Å². The second-order valence-electron chi connectivity index (χ2n) is 5.60. The van der Waals surface area contributed by atoms with E-state index in [-0.39, 0.29) is 36.4 Å². The molecule has 0 heterocycles. The molecule has 0 atom stereocenters. The minimum atomic E-state index is -0.0129. The van der Waals surface area contributed by atoms with E-state index in [1.807, 2.05) is 31.2 Å². The molecule has 0 saturated heterocycles. The summed E-state index contributed by atoms with van der Waals surface area (Å²) in [5.41, 5.74) is 0.986. The van der Waals surface area contributed by atoms with E-state index in [0.29, 0.717) is 32.3 Å². The van der Waals surface area contributed by atoms with Gasteiger partial charge in [-0.15, -0.1) is 24.0 Å². The molecular formula is C18H31IN4O3. The van der Waals surface area contributed by atoms with Crippen molar-refractivity contribution in [3.05, 3.63) is 29.8 Å². The number of aliphatic imine (C=N–C) groups is 1. The monoisotopic (exact) mass is 478 g/mol. The Morgan fingerprint density at radius 1 is 1.23 bits per heavy atom. The van der Waals surface area contributed by atoms with E-state index in [1.165, 1.54) is 0 Å². The van der Waals surface area contributed by atoms with E-state index in [9.17, 15) is 4.79 Å². The van der Waals surface area contributed by atoms with Gasteiger partial charge in [-0.05, 0) is 19.4 Å². The Kier molecular flexibility index (Phi) is 13.7. The quantitative estimate of drug-likeness (QED) is 0.233. The molecule has 1 amide bonds. The van der Waals surface area contributed by atoms with Gasteiger partial charge in [0.05, 0.1) is 20.2 Å². The van der Waals surface area contributed by atoms with Gasteiger partial charge in [-0.3, -0.25) is 4.79 Å². The summed E-state index contributed by atoms with van der Waals surface area (Å²) in [7, 11) is 5.10. The number of guanidine groups is 1. The number of ether oxygens (including phenoxy) is 2. The topological polar surface area (TPSA) is 75.2 Å². The second kappa shape index (κ2) is 14.6. The fourth-order valence-electron chi connectivity index (χ4n) is 2.01. The van der Waals surface area contributed by atoms with Crippen LogP contribution < -0.4 is 15.4 Å². The van der Waals surface area contributed by atoms with E-state index in [1.54, 1.807) is 26.1 Å². The maximum Gasteiger partial charge on any atom is 0.241 e. The van der Waals surface area contributed by atoms with Crippen LogP contribution >= 0.6 is 24.0 Å². The Balaban J connectivity index is 0.00000625. The first kappa shape index (κ1) is 24.5. The zero-order valence-electron chi connectivity index (χ0n) is 16.1. The third kappa shape index (κ3) is 9.81. The number of benzene rings is 1. The highest BCUT2D eigenvalue weighted by Crippen LogP contribution is 2.17. The summed E-state index contributed by atoms with van der Waals surface area (Å²) in [5.74, 6) is 1.38. The van der Waals surface area contributed by atoms with Crippen LogP contribution in [0, 0.1) is 0 Å². The van der Waals surface area contributed by atoms with Gasteiger partial charge in [0.15, 0.2) is 5.96 Å². The predicted octanol–water partition coefficient (Wildman–Crippen LogP) is 1.86. The largest absolute Gasteiger partial charge is 0.496 e. The minimum absolute atomic E-state index is 0. The highest BCUT2D eigenvalue weighted by molar-refractivity contribution is 14.0. The van der Waals surface area contributed by atoms with Crippen molar-refractivity contribution in [1.82, 2.24) is 15.5 Å². The van der Waals surface area contributed by atoms with Gasteiger partial charge in [0.25, 0.3) is 0 Å². The van der Waals surface area contributed by atoms with E-state index in [0.717, 1.165) is 17.7 Å². The summed E-state index contributed by atoms with van der Waals surface area (Å²) in [4.78, 5) is 17.9. The van der Waals surface area contributed by atoms with Gasteiger partial charge in [-0.1, -0.05) is 18.2 Å². The van der Waals surface area contributed by atoms with Crippen molar-refractivity contribution in [1.29, 1.82) is 0 Å². The highest BCUT2D eigenvalue weighted by Gasteiger charge is 2.07. The Morgan fingerprint density at radius 2 is 1.96 bits per heavy atom. The molecular weight excluding hydrogens is 447 g/mol. The van der Waals surface area contributed by atoms with Gasteiger partial charge in [0, 0.05) is 39.4 Å². The molecule has 0 unspecified atom stereocenters. The first-order chi connectivity index (χ1) is 12.1. The van der Waals surface area contributed by atoms with E-state index in [4.69, 9.17) is 9.47 Å². The van der Waals surface area contributed by atoms with Crippen molar-refractivity contribution in [2.45, 2.75) is 19.9 Å². The molecule has 0 bridgehead atoms. The Hall–Kier alpha value is -1.55. The van der Waals surface area contributed by atoms with Gasteiger partial charge in [0.2, 0.25) is 5.91 Å². The van der Waals surface area contributed by atoms with Crippen LogP contribution in [0.3, 0.4) is 0 Å². The number of nitrogens with one attached hydrogen (secondary N) is 2. The summed E-state index contributed by atoms with van der Waals surface area (Å²) in [6.07, 6.45) is 0.866. The third-order valence-corrected chi connectivity index (χ3v) is 3.47. The first-order valence-electron chi connectivity index (χ1n) is 8.50. The first-order valence-corrected chi connectivity index (χ1v) is 8.50. The summed E-state index contributed by atoms with van der Waals surface area (Å²) in [6.45, 7) is 4.75. The van der Waals surface area contributed by atoms with Crippen molar-refractivity contribution in [3.8, 4) is 5.75 Å². The normalized spacial score (nSPS) is 10.7. The van der Waals surface area contributed by atoms with Crippen molar-refractivity contribution >= 4 is 35.8 Å². The Labute approximate surface area is 173 Å². The van der Waals surface area contributed by atoms with Crippen LogP contribution in [-0.2, 0) is 16.1 Å². The SMILES string of the molecule is CCOCCCNC(=NCc1ccccc1OC)NCC(=O)N(C)C.I. The third-order valence-electron chi connectivity index (χ3n) is 3.47. The molecule has 26 heavy (non-hydrogen) atoms. The Bertz CT molecular complexity index is 553. The lowest BCUT2D eigenvalue weighted by atomic mass is 10.2. The van der Waals surface area contributed by atoms with Crippen LogP contribution in [-0.4, -0.2) is 64.3 Å². The van der Waals surface area contributed by atoms with Crippen LogP contribution in [0.4, 0.5) is 0 Å². The number of rotatable bonds is 10. The van der Waals surface area contributed by atoms with Crippen LogP contribution in [0.5, 0.6) is 5.75 Å². The highest BCUT2D eigenvalue weighted by atomic mass is 127. The molecule has 8 heteroatoms. The molecule has 0 radical (unpaired) electrons. The molecule has 0 aliphatic heterocycles. The number of methoxy groups -OCH3 is 1. The molecule has 0 aromatic heterocycles. The van der Waals surface area contributed by atoms with Crippen LogP contribution in [0.1, 0.15) is 18.9 Å². The van der Waals surface area contributed by atoms with Crippen LogP contribution in [0.25, 0.3) is 0 Å². The lowest BCUT2D eigenvalue weighted by molar-refractivity contribution is -0.127. The molecule has 0 aliphatic carbocycles. The lowest BCUT2D eigenvalue weighted by Gasteiger charge is -2.15. The maximum atomic E-state index is 11.8. The fourth-order valence-corrected chi connectivity index (χ4v) is 2.01. The molecule has 2 N–H and O–H groups in total. The molecule has 0 saturated carbocycles. The maximum absolute atomic E-state index is 11.8. The van der Waals surface area contributed by atoms with Gasteiger partial charge in [-0.2, -0.15) is 0 Å². The fraction of sp³-hybridized carbons (Fsp3) is 0.556. The van der Waals surface area contributed by atoms with Gasteiger partial charge >= 0.3 is 0 Å². The molecule has 148 valence electrons. The van der Waals surface area contributed by atoms with Gasteiger partial charge < -0.3 is 25.0 Å². The summed E-state index contributed by atoms with van der Waals surface area (Å²) in [5, 5.41) is 6.29. The number of carbonyl (C=O) groups excluding carboxylic acids is 1. The standard InChI is InChI=1S/C18H30N4O3.HI/c1-5-25-12-8-11-19-18(21-14-17(23)22(2)3)20-13-15-9-6-7-10-16(15)24-4;/h6-7,9-10H,5,8,11-14H2,1-4H3,(H2,19,20,21);1H. The van der Waals surface area contributed by atoms with Gasteiger partial charge in [-0.25, -0.2) is 4.99 Å². The van der Waals surface area contributed by atoms with E-state index in [2.05, 4.69) is 15.6 Å². The van der Waals surface area contributed by atoms with Crippen LogP contribution in [0.15, 0.2) is 29.3 Å². The van der Waals surface area contributed by atoms with Crippen molar-refractivity contribution in [2.75, 3.05) is 47.5 Å². The Morgan fingerprint density at radius 3 is 2.62 bits per heavy atom. The molecule has 1 aromatic rings. The second-order valence-corrected chi connectivity index (χ2v) is 5.60. The smallest absolute Gasteiger partial charge is 0.241 e. The average molecular weight is 478 g/mol. The predicted molar refractivity (Wildman–Crippen MR) is 115 cm³/mol. The minimum Gasteiger partial charge on any atom is -0.496 e. The number of para-hydroxylation sites is 1. The number of likely N-dealkylation sites (N-methyl/N-ethyl adjacent to an activating group) is 1. The molecule has 1 rings (SSSR count). The summed E-state index contributed by atoms with van der Waals surface area (Å²) >= 11 is 0. The molecule has 0 aliphatic rings. The van der Waals surface area contributed by atoms with Crippen molar-refractivity contribution < 1.29 is 14.3 Å². The zero-order valence-corrected chi connectivity index (χ0v) is 18.4. The van der Waals surface area contributed by atoms with Gasteiger partial charge in [0.1, 0.15) is 5.75 Å². The van der Waals surface area contributed by atoms with E-state index < -0.39 is 0 Å². The molecule has 1 aromatic carbocycles. The number of hydrogen-bond donors (Lipinski definition) is 2. The summed E-state index contributed by atoms with van der Waals surface area (Å²) < 4.78 is 10.7. The molecule has 0 fully saturated rings. The molecule has 0 spiro atoms.